The molecule has 3 rings (SSSR count). The molecule has 1 amide bonds. The van der Waals surface area contributed by atoms with Crippen LogP contribution in [0.3, 0.4) is 0 Å². The third-order valence-electron chi connectivity index (χ3n) is 5.09. The Hall–Kier alpha value is -2.73. The minimum Gasteiger partial charge on any atom is -0.497 e. The Morgan fingerprint density at radius 1 is 1.03 bits per heavy atom. The lowest BCUT2D eigenvalue weighted by atomic mass is 10.1. The second-order valence-corrected chi connectivity index (χ2v) is 7.32. The van der Waals surface area contributed by atoms with Gasteiger partial charge in [-0.25, -0.2) is 0 Å². The van der Waals surface area contributed by atoms with Crippen molar-refractivity contribution < 1.29 is 19.0 Å². The lowest BCUT2D eigenvalue weighted by Gasteiger charge is -2.29. The molecule has 6 heteroatoms. The molecule has 1 aliphatic rings. The third-order valence-corrected chi connectivity index (χ3v) is 5.09. The van der Waals surface area contributed by atoms with Crippen LogP contribution in [0.2, 0.25) is 0 Å². The van der Waals surface area contributed by atoms with Gasteiger partial charge in [-0.05, 0) is 74.8 Å². The number of hydrogen-bond donors (Lipinski definition) is 1. The summed E-state index contributed by atoms with van der Waals surface area (Å²) in [6, 6.07) is 14.7. The molecular formula is C23H30N2O4. The average Bonchev–Trinajstić information content (AvgIpc) is 2.75. The van der Waals surface area contributed by atoms with Crippen molar-refractivity contribution in [2.24, 2.45) is 0 Å². The zero-order valence-electron chi connectivity index (χ0n) is 17.4. The molecule has 2 aromatic rings. The molecule has 0 radical (unpaired) electrons. The number of likely N-dealkylation sites (tertiary alicyclic amines) is 1. The van der Waals surface area contributed by atoms with Gasteiger partial charge in [-0.1, -0.05) is 6.92 Å². The van der Waals surface area contributed by atoms with E-state index in [-0.39, 0.29) is 12.0 Å². The van der Waals surface area contributed by atoms with Gasteiger partial charge in [-0.15, -0.1) is 0 Å². The topological polar surface area (TPSA) is 60.0 Å². The molecule has 156 valence electrons. The largest absolute Gasteiger partial charge is 0.497 e. The minimum atomic E-state index is -0.571. The van der Waals surface area contributed by atoms with Crippen molar-refractivity contribution in [1.29, 1.82) is 0 Å². The van der Waals surface area contributed by atoms with E-state index < -0.39 is 6.10 Å². The van der Waals surface area contributed by atoms with Gasteiger partial charge >= 0.3 is 0 Å². The zero-order chi connectivity index (χ0) is 20.6. The van der Waals surface area contributed by atoms with Gasteiger partial charge in [0.2, 0.25) is 0 Å². The first kappa shape index (κ1) is 21.0. The highest BCUT2D eigenvalue weighted by Gasteiger charge is 2.20. The van der Waals surface area contributed by atoms with Crippen LogP contribution in [0.5, 0.6) is 17.2 Å². The first-order valence-corrected chi connectivity index (χ1v) is 10.1. The second kappa shape index (κ2) is 10.2. The summed E-state index contributed by atoms with van der Waals surface area (Å²) in [6.07, 6.45) is 2.33. The van der Waals surface area contributed by atoms with Crippen molar-refractivity contribution in [3.05, 3.63) is 48.5 Å². The number of carbonyl (C=O) groups excluding carboxylic acids is 1. The summed E-state index contributed by atoms with van der Waals surface area (Å²) < 4.78 is 17.0. The summed E-state index contributed by atoms with van der Waals surface area (Å²) in [7, 11) is 3.75. The summed E-state index contributed by atoms with van der Waals surface area (Å²) in [5.74, 6) is 2.04. The number of hydrogen-bond acceptors (Lipinski definition) is 5. The van der Waals surface area contributed by atoms with Crippen LogP contribution in [0.1, 0.15) is 26.2 Å². The molecule has 2 aromatic carbocycles. The van der Waals surface area contributed by atoms with E-state index in [0.29, 0.717) is 12.2 Å². The first-order valence-electron chi connectivity index (χ1n) is 10.1. The van der Waals surface area contributed by atoms with Gasteiger partial charge in [-0.2, -0.15) is 0 Å². The number of methoxy groups -OCH3 is 1. The highest BCUT2D eigenvalue weighted by Crippen LogP contribution is 2.22. The van der Waals surface area contributed by atoms with Crippen molar-refractivity contribution in [3.8, 4) is 17.2 Å². The molecule has 0 aromatic heterocycles. The summed E-state index contributed by atoms with van der Waals surface area (Å²) in [6.45, 7) is 4.04. The number of carbonyl (C=O) groups is 1. The third kappa shape index (κ3) is 6.12. The van der Waals surface area contributed by atoms with E-state index in [9.17, 15) is 4.79 Å². The van der Waals surface area contributed by atoms with Crippen molar-refractivity contribution in [2.45, 2.75) is 38.4 Å². The standard InChI is InChI=1S/C23H30N2O4/c1-4-22(29-20-11-9-18(27-3)10-12-20)23(26)24-17-5-7-19(8-6-17)28-21-13-15-25(2)16-14-21/h5-12,21-22H,4,13-16H2,1-3H3,(H,24,26)/t22-/m1/s1. The van der Waals surface area contributed by atoms with Gasteiger partial charge in [-0.3, -0.25) is 4.79 Å². The Morgan fingerprint density at radius 3 is 2.21 bits per heavy atom. The zero-order valence-corrected chi connectivity index (χ0v) is 17.4. The number of nitrogens with one attached hydrogen (secondary N) is 1. The number of benzene rings is 2. The molecule has 0 aliphatic carbocycles. The normalized spacial score (nSPS) is 16.1. The molecule has 29 heavy (non-hydrogen) atoms. The van der Waals surface area contributed by atoms with Crippen LogP contribution in [0, 0.1) is 0 Å². The van der Waals surface area contributed by atoms with Gasteiger partial charge in [0.25, 0.3) is 5.91 Å². The van der Waals surface area contributed by atoms with Crippen LogP contribution in [0.15, 0.2) is 48.5 Å². The molecule has 1 aliphatic heterocycles. The molecule has 1 N–H and O–H groups in total. The van der Waals surface area contributed by atoms with Crippen molar-refractivity contribution in [2.75, 3.05) is 32.6 Å². The maximum absolute atomic E-state index is 12.6. The summed E-state index contributed by atoms with van der Waals surface area (Å²) in [5, 5.41) is 2.92. The highest BCUT2D eigenvalue weighted by molar-refractivity contribution is 5.94. The highest BCUT2D eigenvalue weighted by atomic mass is 16.5. The lowest BCUT2D eigenvalue weighted by molar-refractivity contribution is -0.122. The molecule has 6 nitrogen and oxygen atoms in total. The predicted molar refractivity (Wildman–Crippen MR) is 114 cm³/mol. The first-order chi connectivity index (χ1) is 14.1. The minimum absolute atomic E-state index is 0.174. The van der Waals surface area contributed by atoms with Crippen LogP contribution < -0.4 is 19.5 Å². The summed E-state index contributed by atoms with van der Waals surface area (Å²) in [4.78, 5) is 14.9. The number of amides is 1. The van der Waals surface area contributed by atoms with E-state index in [4.69, 9.17) is 14.2 Å². The number of nitrogens with zero attached hydrogens (tertiary/aromatic N) is 1. The van der Waals surface area contributed by atoms with Gasteiger partial charge in [0, 0.05) is 18.8 Å². The fourth-order valence-corrected chi connectivity index (χ4v) is 3.28. The smallest absolute Gasteiger partial charge is 0.265 e. The Labute approximate surface area is 172 Å². The molecular weight excluding hydrogens is 368 g/mol. The van der Waals surface area contributed by atoms with E-state index in [1.807, 2.05) is 43.3 Å². The fraction of sp³-hybridized carbons (Fsp3) is 0.435. The van der Waals surface area contributed by atoms with Crippen LogP contribution >= 0.6 is 0 Å². The van der Waals surface area contributed by atoms with E-state index >= 15 is 0 Å². The average molecular weight is 399 g/mol. The maximum Gasteiger partial charge on any atom is 0.265 e. The molecule has 1 atom stereocenters. The van der Waals surface area contributed by atoms with Gasteiger partial charge in [0.05, 0.1) is 7.11 Å². The molecule has 0 spiro atoms. The SMILES string of the molecule is CC[C@@H](Oc1ccc(OC)cc1)C(=O)Nc1ccc(OC2CCN(C)CC2)cc1. The van der Waals surface area contributed by atoms with E-state index in [0.717, 1.165) is 43.1 Å². The fourth-order valence-electron chi connectivity index (χ4n) is 3.28. The molecule has 0 unspecified atom stereocenters. The Bertz CT molecular complexity index is 768. The van der Waals surface area contributed by atoms with Crippen LogP contribution in [0.4, 0.5) is 5.69 Å². The van der Waals surface area contributed by atoms with Crippen molar-refractivity contribution in [1.82, 2.24) is 4.90 Å². The second-order valence-electron chi connectivity index (χ2n) is 7.32. The van der Waals surface area contributed by atoms with E-state index in [2.05, 4.69) is 17.3 Å². The van der Waals surface area contributed by atoms with E-state index in [1.54, 1.807) is 19.2 Å². The quantitative estimate of drug-likeness (QED) is 0.729. The molecule has 1 fully saturated rings. The predicted octanol–water partition coefficient (Wildman–Crippen LogP) is 3.96. The molecule has 0 bridgehead atoms. The van der Waals surface area contributed by atoms with E-state index in [1.165, 1.54) is 0 Å². The van der Waals surface area contributed by atoms with Crippen molar-refractivity contribution in [3.63, 3.8) is 0 Å². The summed E-state index contributed by atoms with van der Waals surface area (Å²) >= 11 is 0. The Morgan fingerprint density at radius 2 is 1.62 bits per heavy atom. The molecule has 1 saturated heterocycles. The Balaban J connectivity index is 1.52. The van der Waals surface area contributed by atoms with Gasteiger partial charge < -0.3 is 24.4 Å². The molecule has 1 heterocycles. The van der Waals surface area contributed by atoms with Gasteiger partial charge in [0.1, 0.15) is 23.4 Å². The number of anilines is 1. The number of rotatable bonds is 8. The maximum atomic E-state index is 12.6. The monoisotopic (exact) mass is 398 g/mol. The van der Waals surface area contributed by atoms with Crippen molar-refractivity contribution >= 4 is 11.6 Å². The van der Waals surface area contributed by atoms with Crippen LogP contribution in [0.25, 0.3) is 0 Å². The summed E-state index contributed by atoms with van der Waals surface area (Å²) in [5.41, 5.74) is 0.725. The molecule has 0 saturated carbocycles. The number of piperidine rings is 1. The van der Waals surface area contributed by atoms with Gasteiger partial charge in [0.15, 0.2) is 6.10 Å². The number of ether oxygens (including phenoxy) is 3. The Kier molecular flexibility index (Phi) is 7.36. The van der Waals surface area contributed by atoms with Crippen LogP contribution in [-0.4, -0.2) is 50.3 Å². The van der Waals surface area contributed by atoms with Crippen LogP contribution in [-0.2, 0) is 4.79 Å². The lowest BCUT2D eigenvalue weighted by Crippen LogP contribution is -2.35.